The van der Waals surface area contributed by atoms with E-state index in [0.717, 1.165) is 36.5 Å². The van der Waals surface area contributed by atoms with E-state index in [1.807, 2.05) is 34.0 Å². The van der Waals surface area contributed by atoms with Crippen LogP contribution in [0.1, 0.15) is 53.4 Å². The molecule has 1 aliphatic heterocycles. The van der Waals surface area contributed by atoms with Gasteiger partial charge in [-0.25, -0.2) is 4.98 Å². The summed E-state index contributed by atoms with van der Waals surface area (Å²) >= 11 is 1.54. The third kappa shape index (κ3) is 3.61. The van der Waals surface area contributed by atoms with E-state index in [1.165, 1.54) is 0 Å². The molecule has 2 aromatic heterocycles. The number of hydrogen-bond donors (Lipinski definition) is 0. The highest BCUT2D eigenvalue weighted by Crippen LogP contribution is 2.32. The fraction of sp³-hybridized carbons (Fsp3) is 0.500. The van der Waals surface area contributed by atoms with Gasteiger partial charge < -0.3 is 14.4 Å². The van der Waals surface area contributed by atoms with Gasteiger partial charge in [-0.1, -0.05) is 0 Å². The number of likely N-dealkylation sites (tertiary alicyclic amines) is 1. The van der Waals surface area contributed by atoms with E-state index >= 15 is 0 Å². The molecule has 7 heteroatoms. The zero-order valence-corrected chi connectivity index (χ0v) is 15.8. The molecule has 0 aliphatic carbocycles. The van der Waals surface area contributed by atoms with Crippen LogP contribution in [0.4, 0.5) is 0 Å². The number of amides is 2. The van der Waals surface area contributed by atoms with E-state index in [9.17, 15) is 9.59 Å². The third-order valence-corrected chi connectivity index (χ3v) is 5.60. The second-order valence-corrected chi connectivity index (χ2v) is 7.49. The molecule has 0 bridgehead atoms. The normalized spacial score (nSPS) is 17.6. The minimum Gasteiger partial charge on any atom is -0.342 e. The molecular weight excluding hydrogens is 336 g/mol. The first-order chi connectivity index (χ1) is 12.0. The van der Waals surface area contributed by atoms with Gasteiger partial charge in [0, 0.05) is 44.8 Å². The van der Waals surface area contributed by atoms with E-state index in [-0.39, 0.29) is 17.9 Å². The molecule has 134 valence electrons. The Hall–Kier alpha value is -2.15. The second kappa shape index (κ2) is 7.39. The van der Waals surface area contributed by atoms with Crippen molar-refractivity contribution in [3.63, 3.8) is 0 Å². The first kappa shape index (κ1) is 17.7. The fourth-order valence-corrected chi connectivity index (χ4v) is 4.16. The Morgan fingerprint density at radius 3 is 2.84 bits per heavy atom. The molecule has 3 rings (SSSR count). The first-order valence-electron chi connectivity index (χ1n) is 8.55. The number of carbonyl (C=O) groups is 2. The number of nitrogens with zero attached hydrogens (tertiary/aromatic N) is 4. The zero-order chi connectivity index (χ0) is 18.0. The summed E-state index contributed by atoms with van der Waals surface area (Å²) in [5.74, 6) is 0.0637. The SMILES string of the molecule is CC(=O)N1CCCC[C@H]1c1ccc(C(=O)N(C)Cc2nccs2)n1C. The average molecular weight is 360 g/mol. The highest BCUT2D eigenvalue weighted by Gasteiger charge is 2.29. The standard InChI is InChI=1S/C18H24N4O2S/c1-13(23)22-10-5-4-6-15(22)14-7-8-16(21(14)3)18(24)20(2)12-17-19-9-11-25-17/h7-9,11,15H,4-6,10,12H2,1-3H3/t15-/m0/s1. The smallest absolute Gasteiger partial charge is 0.270 e. The van der Waals surface area contributed by atoms with Gasteiger partial charge >= 0.3 is 0 Å². The van der Waals surface area contributed by atoms with Crippen LogP contribution in [0.25, 0.3) is 0 Å². The van der Waals surface area contributed by atoms with Gasteiger partial charge in [-0.2, -0.15) is 0 Å². The topological polar surface area (TPSA) is 58.4 Å². The lowest BCUT2D eigenvalue weighted by molar-refractivity contribution is -0.132. The highest BCUT2D eigenvalue weighted by atomic mass is 32.1. The van der Waals surface area contributed by atoms with E-state index in [1.54, 1.807) is 36.4 Å². The summed E-state index contributed by atoms with van der Waals surface area (Å²) in [7, 11) is 3.70. The molecule has 0 saturated carbocycles. The first-order valence-corrected chi connectivity index (χ1v) is 9.43. The monoisotopic (exact) mass is 360 g/mol. The molecule has 1 saturated heterocycles. The van der Waals surface area contributed by atoms with Crippen molar-refractivity contribution in [3.8, 4) is 0 Å². The summed E-state index contributed by atoms with van der Waals surface area (Å²) in [6.07, 6.45) is 4.84. The lowest BCUT2D eigenvalue weighted by Gasteiger charge is -2.35. The Kier molecular flexibility index (Phi) is 5.22. The summed E-state index contributed by atoms with van der Waals surface area (Å²) in [5.41, 5.74) is 1.67. The van der Waals surface area contributed by atoms with Crippen molar-refractivity contribution >= 4 is 23.2 Å². The molecule has 25 heavy (non-hydrogen) atoms. The molecule has 0 unspecified atom stereocenters. The van der Waals surface area contributed by atoms with Gasteiger partial charge in [0.1, 0.15) is 10.7 Å². The molecule has 1 fully saturated rings. The Labute approximate surface area is 152 Å². The van der Waals surface area contributed by atoms with Crippen molar-refractivity contribution in [1.29, 1.82) is 0 Å². The molecule has 1 atom stereocenters. The molecule has 2 aromatic rings. The van der Waals surface area contributed by atoms with Crippen LogP contribution in [0.5, 0.6) is 0 Å². The van der Waals surface area contributed by atoms with Gasteiger partial charge in [-0.15, -0.1) is 11.3 Å². The zero-order valence-electron chi connectivity index (χ0n) is 14.9. The Morgan fingerprint density at radius 2 is 2.16 bits per heavy atom. The van der Waals surface area contributed by atoms with Crippen molar-refractivity contribution in [1.82, 2.24) is 19.4 Å². The van der Waals surface area contributed by atoms with Crippen molar-refractivity contribution in [2.24, 2.45) is 7.05 Å². The average Bonchev–Trinajstić information content (AvgIpc) is 3.23. The van der Waals surface area contributed by atoms with E-state index in [0.29, 0.717) is 12.2 Å². The van der Waals surface area contributed by atoms with Crippen LogP contribution in [-0.2, 0) is 18.4 Å². The fourth-order valence-electron chi connectivity index (χ4n) is 3.49. The van der Waals surface area contributed by atoms with Gasteiger partial charge in [0.2, 0.25) is 5.91 Å². The number of piperidine rings is 1. The maximum atomic E-state index is 12.8. The number of thiazole rings is 1. The predicted molar refractivity (Wildman–Crippen MR) is 97.3 cm³/mol. The summed E-state index contributed by atoms with van der Waals surface area (Å²) in [4.78, 5) is 32.6. The van der Waals surface area contributed by atoms with Crippen LogP contribution < -0.4 is 0 Å². The quantitative estimate of drug-likeness (QED) is 0.842. The Morgan fingerprint density at radius 1 is 1.36 bits per heavy atom. The lowest BCUT2D eigenvalue weighted by Crippen LogP contribution is -2.38. The Balaban J connectivity index is 1.80. The van der Waals surface area contributed by atoms with Gasteiger partial charge in [0.25, 0.3) is 5.91 Å². The van der Waals surface area contributed by atoms with E-state index < -0.39 is 0 Å². The van der Waals surface area contributed by atoms with Crippen LogP contribution in [0.2, 0.25) is 0 Å². The van der Waals surface area contributed by atoms with Gasteiger partial charge in [0.05, 0.1) is 12.6 Å². The maximum Gasteiger partial charge on any atom is 0.270 e. The summed E-state index contributed by atoms with van der Waals surface area (Å²) in [5, 5.41) is 2.83. The summed E-state index contributed by atoms with van der Waals surface area (Å²) < 4.78 is 1.94. The minimum atomic E-state index is -0.0332. The van der Waals surface area contributed by atoms with Crippen molar-refractivity contribution in [3.05, 3.63) is 40.1 Å². The highest BCUT2D eigenvalue weighted by molar-refractivity contribution is 7.09. The number of hydrogen-bond acceptors (Lipinski definition) is 4. The Bertz CT molecular complexity index is 753. The maximum absolute atomic E-state index is 12.8. The van der Waals surface area contributed by atoms with Crippen LogP contribution >= 0.6 is 11.3 Å². The predicted octanol–water partition coefficient (Wildman–Crippen LogP) is 2.83. The van der Waals surface area contributed by atoms with Crippen LogP contribution in [-0.4, -0.2) is 44.8 Å². The molecule has 0 radical (unpaired) electrons. The molecule has 0 aromatic carbocycles. The van der Waals surface area contributed by atoms with Crippen LogP contribution in [0.15, 0.2) is 23.7 Å². The lowest BCUT2D eigenvalue weighted by atomic mass is 9.99. The molecule has 3 heterocycles. The van der Waals surface area contributed by atoms with Crippen LogP contribution in [0, 0.1) is 0 Å². The molecule has 0 N–H and O–H groups in total. The molecule has 2 amide bonds. The number of aromatic nitrogens is 2. The van der Waals surface area contributed by atoms with Crippen molar-refractivity contribution in [2.75, 3.05) is 13.6 Å². The third-order valence-electron chi connectivity index (χ3n) is 4.83. The van der Waals surface area contributed by atoms with Gasteiger partial charge in [-0.05, 0) is 31.4 Å². The summed E-state index contributed by atoms with van der Waals surface area (Å²) in [6, 6.07) is 3.90. The molecule has 0 spiro atoms. The number of rotatable bonds is 4. The number of carbonyl (C=O) groups excluding carboxylic acids is 2. The minimum absolute atomic E-state index is 0.0332. The van der Waals surface area contributed by atoms with Crippen LogP contribution in [0.3, 0.4) is 0 Å². The molecule has 6 nitrogen and oxygen atoms in total. The van der Waals surface area contributed by atoms with Gasteiger partial charge in [0.15, 0.2) is 0 Å². The van der Waals surface area contributed by atoms with E-state index in [4.69, 9.17) is 0 Å². The molecule has 1 aliphatic rings. The second-order valence-electron chi connectivity index (χ2n) is 6.51. The largest absolute Gasteiger partial charge is 0.342 e. The van der Waals surface area contributed by atoms with Gasteiger partial charge in [-0.3, -0.25) is 9.59 Å². The molecular formula is C18H24N4O2S. The van der Waals surface area contributed by atoms with Crippen molar-refractivity contribution < 1.29 is 9.59 Å². The van der Waals surface area contributed by atoms with Crippen molar-refractivity contribution in [2.45, 2.75) is 38.8 Å². The summed E-state index contributed by atoms with van der Waals surface area (Å²) in [6.45, 7) is 2.91. The van der Waals surface area contributed by atoms with E-state index in [2.05, 4.69) is 4.98 Å².